The zero-order valence-corrected chi connectivity index (χ0v) is 56.4. The topological polar surface area (TPSA) is 334 Å². The van der Waals surface area contributed by atoms with Crippen LogP contribution in [0.2, 0.25) is 0 Å². The fraction of sp³-hybridized carbons (Fsp3) is 0.516. The first-order chi connectivity index (χ1) is 42.6. The highest BCUT2D eigenvalue weighted by Gasteiger charge is 2.36. The van der Waals surface area contributed by atoms with Crippen molar-refractivity contribution in [2.45, 2.75) is 163 Å². The Hall–Kier alpha value is -5.96. The fourth-order valence-electron chi connectivity index (χ4n) is 8.94. The van der Waals surface area contributed by atoms with Crippen LogP contribution in [0.25, 0.3) is 22.3 Å². The molecule has 0 bridgehead atoms. The molecule has 2 aromatic carbocycles. The van der Waals surface area contributed by atoms with E-state index in [1.54, 1.807) is 47.0 Å². The molecule has 23 nitrogen and oxygen atoms in total. The summed E-state index contributed by atoms with van der Waals surface area (Å²) in [6, 6.07) is 17.9. The van der Waals surface area contributed by atoms with Gasteiger partial charge in [0.15, 0.2) is 0 Å². The number of carbonyl (C=O) groups excluding carboxylic acids is 7. The summed E-state index contributed by atoms with van der Waals surface area (Å²) in [4.78, 5) is 107. The van der Waals surface area contributed by atoms with Crippen LogP contribution in [0.1, 0.15) is 129 Å². The van der Waals surface area contributed by atoms with Crippen LogP contribution in [-0.2, 0) is 60.7 Å². The molecule has 5 amide bonds. The van der Waals surface area contributed by atoms with Crippen molar-refractivity contribution < 1.29 is 63.1 Å². The van der Waals surface area contributed by atoms with Crippen molar-refractivity contribution in [2.75, 3.05) is 26.3 Å². The number of nitrogens with one attached hydrogen (secondary N) is 5. The first-order valence-electron chi connectivity index (χ1n) is 29.6. The van der Waals surface area contributed by atoms with Gasteiger partial charge >= 0.3 is 17.9 Å². The smallest absolute Gasteiger partial charge is 0.325 e. The van der Waals surface area contributed by atoms with Crippen molar-refractivity contribution in [1.82, 2.24) is 46.8 Å². The molecule has 2 saturated heterocycles. The van der Waals surface area contributed by atoms with Crippen molar-refractivity contribution in [1.29, 1.82) is 0 Å². The Labute approximate surface area is 560 Å². The molecule has 8 atom stereocenters. The first kappa shape index (κ1) is 77.5. The van der Waals surface area contributed by atoms with Gasteiger partial charge in [-0.2, -0.15) is 0 Å². The zero-order valence-electron chi connectivity index (χ0n) is 51.9. The molecule has 500 valence electrons. The summed E-state index contributed by atoms with van der Waals surface area (Å²) >= 11 is 33.6. The number of aromatic nitrogens is 2. The Bertz CT molecular complexity index is 3060. The van der Waals surface area contributed by atoms with E-state index in [2.05, 4.69) is 36.8 Å². The van der Waals surface area contributed by atoms with E-state index < -0.39 is 98.3 Å². The average molecular weight is 1390 g/mol. The molecule has 4 heterocycles. The van der Waals surface area contributed by atoms with Crippen molar-refractivity contribution in [3.63, 3.8) is 0 Å². The van der Waals surface area contributed by atoms with Crippen LogP contribution < -0.4 is 32.5 Å². The minimum absolute atomic E-state index is 0.0533. The van der Waals surface area contributed by atoms with E-state index in [0.717, 1.165) is 39.1 Å². The second-order valence-corrected chi connectivity index (χ2v) is 27.7. The Morgan fingerprint density at radius 1 is 0.593 bits per heavy atom. The summed E-state index contributed by atoms with van der Waals surface area (Å²) in [5, 5.41) is 38.7. The number of carbonyl (C=O) groups is 8. The lowest BCUT2D eigenvalue weighted by Crippen LogP contribution is -2.61. The fourth-order valence-corrected chi connectivity index (χ4v) is 9.27. The van der Waals surface area contributed by atoms with Gasteiger partial charge in [-0.25, -0.2) is 10.9 Å². The van der Waals surface area contributed by atoms with Gasteiger partial charge in [-0.15, -0.1) is 0 Å². The number of hydrogen-bond acceptors (Lipinski definition) is 17. The van der Waals surface area contributed by atoms with E-state index in [9.17, 15) is 48.6 Å². The van der Waals surface area contributed by atoms with Gasteiger partial charge in [0.25, 0.3) is 11.8 Å². The van der Waals surface area contributed by atoms with Crippen LogP contribution in [0.4, 0.5) is 0 Å². The number of rotatable bonds is 23. The van der Waals surface area contributed by atoms with Gasteiger partial charge in [0.2, 0.25) is 25.3 Å². The highest BCUT2D eigenvalue weighted by atomic mass is 35.6. The maximum Gasteiger partial charge on any atom is 0.325 e. The Morgan fingerprint density at radius 3 is 1.37 bits per heavy atom. The van der Waals surface area contributed by atoms with Crippen molar-refractivity contribution >= 4 is 117 Å². The molecule has 0 aliphatic carbocycles. The largest absolute Gasteiger partial charge is 0.481 e. The van der Waals surface area contributed by atoms with Gasteiger partial charge in [-0.3, -0.25) is 58.3 Å². The molecular weight excluding hydrogens is 1310 g/mol. The molecule has 10 N–H and O–H groups in total. The van der Waals surface area contributed by atoms with E-state index >= 15 is 0 Å². The van der Waals surface area contributed by atoms with Crippen LogP contribution in [0, 0.1) is 11.8 Å². The maximum atomic E-state index is 13.1. The Morgan fingerprint density at radius 2 is 1.01 bits per heavy atom. The number of carboxylic acids is 1. The molecule has 2 aromatic heterocycles. The van der Waals surface area contributed by atoms with Gasteiger partial charge in [0.1, 0.15) is 43.4 Å². The summed E-state index contributed by atoms with van der Waals surface area (Å²) < 4.78 is 6.50. The number of ether oxygens (including phenoxy) is 2. The van der Waals surface area contributed by atoms with Gasteiger partial charge in [-0.05, 0) is 118 Å². The van der Waals surface area contributed by atoms with Crippen LogP contribution in [-0.4, -0.2) is 153 Å². The number of esters is 2. The standard InChI is InChI=1S/C31H40Cl3N5O6.C16H17NO3.C15H25Cl3N4O4/c1-18(2)27(28(42)36-19(3)29(43)39-14-6-9-25(38-39)30(44)45-17-31(32,33)34)37-26(41)13-12-24-11-10-23(16-35-24)22-8-5-7-21(15-22)20(4)40;1-11(18)12-3-2-4-13(9-12)14-5-6-15(17-10-14)7-8-16(19)20;1-8(2)11(19)12(23)20-9(3)13(24)22-6-4-5-10(21-22)14(25)26-7-15(16,17)18/h5,7-8,10-11,15-16,18-20,25,27,38,40H,6,9,12-14,17H2,1-4H3,(H,36,42)(H,37,41);2-6,9-11,18H,7-8H2,1H3,(H,19,20);8-11,21H,4-7,19H2,1-3H3,(H,20,23)/t19-,20+,25-,27-;11-;9-,10-,11-/m010/s1. The second-order valence-electron chi connectivity index (χ2n) is 22.7. The van der Waals surface area contributed by atoms with E-state index in [1.165, 1.54) is 16.9 Å². The molecule has 2 fully saturated rings. The molecule has 91 heavy (non-hydrogen) atoms. The number of pyridine rings is 2. The Kier molecular flexibility index (Phi) is 31.6. The number of hydrogen-bond donors (Lipinski definition) is 9. The molecular formula is C62H82Cl6N10O13. The van der Waals surface area contributed by atoms with E-state index in [1.807, 2.05) is 86.6 Å². The number of amides is 5. The number of aliphatic carboxylic acids is 1. The highest BCUT2D eigenvalue weighted by Crippen LogP contribution is 2.29. The number of halogens is 6. The number of aliphatic hydroxyl groups is 2. The van der Waals surface area contributed by atoms with Gasteiger partial charge in [0.05, 0.1) is 24.7 Å². The monoisotopic (exact) mass is 1380 g/mol. The number of carboxylic acid groups (broad SMARTS) is 1. The van der Waals surface area contributed by atoms with Crippen LogP contribution in [0.3, 0.4) is 0 Å². The first-order valence-corrected chi connectivity index (χ1v) is 31.9. The third-order valence-electron chi connectivity index (χ3n) is 14.2. The molecule has 0 unspecified atom stereocenters. The van der Waals surface area contributed by atoms with Crippen molar-refractivity contribution in [2.24, 2.45) is 17.6 Å². The number of nitrogens with zero attached hydrogens (tertiary/aromatic N) is 4. The van der Waals surface area contributed by atoms with Crippen LogP contribution in [0.15, 0.2) is 85.2 Å². The predicted molar refractivity (Wildman–Crippen MR) is 348 cm³/mol. The third-order valence-corrected chi connectivity index (χ3v) is 14.9. The van der Waals surface area contributed by atoms with Crippen molar-refractivity contribution in [3.8, 4) is 22.3 Å². The Balaban J connectivity index is 0.000000323. The quantitative estimate of drug-likeness (QED) is 0.0256. The second kappa shape index (κ2) is 37.1. The van der Waals surface area contributed by atoms with Crippen LogP contribution in [0.5, 0.6) is 0 Å². The average Bonchev–Trinajstić information content (AvgIpc) is 1.36. The summed E-state index contributed by atoms with van der Waals surface area (Å²) in [6.07, 6.45) is 5.38. The number of aryl methyl sites for hydroxylation is 2. The molecule has 2 aliphatic heterocycles. The molecule has 0 saturated carbocycles. The number of alkyl halides is 6. The number of aliphatic hydroxyl groups excluding tert-OH is 2. The lowest BCUT2D eigenvalue weighted by molar-refractivity contribution is -0.154. The number of benzene rings is 2. The van der Waals surface area contributed by atoms with E-state index in [-0.39, 0.29) is 43.1 Å². The molecule has 2 aliphatic rings. The molecule has 0 radical (unpaired) electrons. The minimum Gasteiger partial charge on any atom is -0.481 e. The van der Waals surface area contributed by atoms with Gasteiger partial charge in [-0.1, -0.05) is 146 Å². The summed E-state index contributed by atoms with van der Waals surface area (Å²) in [5.41, 5.74) is 18.3. The third kappa shape index (κ3) is 27.3. The highest BCUT2D eigenvalue weighted by molar-refractivity contribution is 6.68. The van der Waals surface area contributed by atoms with Gasteiger partial charge < -0.3 is 46.5 Å². The van der Waals surface area contributed by atoms with E-state index in [4.69, 9.17) is 89.9 Å². The molecule has 0 spiro atoms. The lowest BCUT2D eigenvalue weighted by atomic mass is 10.0. The molecule has 4 aromatic rings. The summed E-state index contributed by atoms with van der Waals surface area (Å²) in [5.74, 6) is -4.48. The molecule has 6 rings (SSSR count). The lowest BCUT2D eigenvalue weighted by Gasteiger charge is -2.34. The summed E-state index contributed by atoms with van der Waals surface area (Å²) in [6.45, 7) is 13.6. The zero-order chi connectivity index (χ0) is 67.9. The molecule has 29 heteroatoms. The van der Waals surface area contributed by atoms with E-state index in [0.29, 0.717) is 57.3 Å². The number of nitrogens with two attached hydrogens (primary N) is 1. The van der Waals surface area contributed by atoms with Gasteiger partial charge in [0, 0.05) is 60.8 Å². The van der Waals surface area contributed by atoms with Crippen LogP contribution >= 0.6 is 69.6 Å². The van der Waals surface area contributed by atoms with Crippen molar-refractivity contribution in [3.05, 3.63) is 108 Å². The minimum atomic E-state index is -1.75. The SMILES string of the molecule is CC(C)[C@H](N)C(=O)N[C@@H](C)C(=O)N1CCC[C@@H](C(=O)OCC(Cl)(Cl)Cl)N1.CC(C)[C@H](NC(=O)CCc1ccc(-c2cccc([C@@H](C)O)c2)cn1)C(=O)N[C@@H](C)C(=O)N1CCC[C@@H](C(=O)OCC(Cl)(Cl)Cl)N1.C[C@@H](O)c1cccc(-c2ccc(CCC(=O)O)nc2)c1. The summed E-state index contributed by atoms with van der Waals surface area (Å²) in [7, 11) is 0. The predicted octanol–water partition coefficient (Wildman–Crippen LogP) is 7.49. The maximum absolute atomic E-state index is 13.1. The normalized spacial score (nSPS) is 17.0. The number of hydrazine groups is 2.